The van der Waals surface area contributed by atoms with E-state index in [0.717, 1.165) is 17.2 Å². The first-order chi connectivity index (χ1) is 18.9. The van der Waals surface area contributed by atoms with E-state index < -0.39 is 29.7 Å². The average molecular weight is 548 g/mol. The van der Waals surface area contributed by atoms with E-state index in [9.17, 15) is 19.5 Å². The van der Waals surface area contributed by atoms with Crippen LogP contribution in [0.25, 0.3) is 10.8 Å². The Bertz CT molecular complexity index is 1310. The Kier molecular flexibility index (Phi) is 10.2. The Balaban J connectivity index is 2.00. The minimum absolute atomic E-state index is 0.0514. The van der Waals surface area contributed by atoms with Crippen molar-refractivity contribution in [1.82, 2.24) is 10.2 Å². The van der Waals surface area contributed by atoms with Crippen LogP contribution >= 0.6 is 0 Å². The zero-order valence-corrected chi connectivity index (χ0v) is 24.2. The molecule has 0 heterocycles. The number of carbonyl (C=O) groups excluding carboxylic acids is 3. The topological polar surface area (TPSA) is 108 Å². The number of nitrogens with one attached hydrogen (secondary N) is 2. The van der Waals surface area contributed by atoms with Crippen LogP contribution < -0.4 is 10.6 Å². The molecule has 3 amide bonds. The Morgan fingerprint density at radius 3 is 2.20 bits per heavy atom. The molecule has 0 bridgehead atoms. The summed E-state index contributed by atoms with van der Waals surface area (Å²) in [5.74, 6) is -1.00. The number of rotatable bonds is 10. The Morgan fingerprint density at radius 2 is 1.60 bits per heavy atom. The van der Waals surface area contributed by atoms with Gasteiger partial charge in [0, 0.05) is 12.2 Å². The van der Waals surface area contributed by atoms with Crippen molar-refractivity contribution >= 4 is 34.4 Å². The molecular formula is C32H41N3O5. The number of anilines is 1. The van der Waals surface area contributed by atoms with E-state index in [0.29, 0.717) is 24.2 Å². The molecule has 8 heteroatoms. The third-order valence-corrected chi connectivity index (χ3v) is 6.43. The molecule has 3 aromatic carbocycles. The number of amides is 3. The van der Waals surface area contributed by atoms with Gasteiger partial charge in [0.05, 0.1) is 0 Å². The van der Waals surface area contributed by atoms with Crippen molar-refractivity contribution in [2.24, 2.45) is 5.92 Å². The van der Waals surface area contributed by atoms with E-state index in [1.165, 1.54) is 17.0 Å². The highest BCUT2D eigenvalue weighted by Gasteiger charge is 2.37. The van der Waals surface area contributed by atoms with Crippen LogP contribution in [0, 0.1) is 5.92 Å². The summed E-state index contributed by atoms with van der Waals surface area (Å²) < 4.78 is 5.42. The predicted molar refractivity (Wildman–Crippen MR) is 158 cm³/mol. The number of unbranched alkanes of at least 4 members (excludes halogenated alkanes) is 1. The van der Waals surface area contributed by atoms with Crippen molar-refractivity contribution in [2.75, 3.05) is 11.9 Å². The predicted octanol–water partition coefficient (Wildman–Crippen LogP) is 6.40. The summed E-state index contributed by atoms with van der Waals surface area (Å²) in [5.41, 5.74) is 0.410. The lowest BCUT2D eigenvalue weighted by molar-refractivity contribution is -0.141. The van der Waals surface area contributed by atoms with Gasteiger partial charge in [0.2, 0.25) is 5.91 Å². The van der Waals surface area contributed by atoms with Gasteiger partial charge >= 0.3 is 6.09 Å². The number of ether oxygens (including phenoxy) is 1. The van der Waals surface area contributed by atoms with Crippen LogP contribution in [-0.4, -0.2) is 46.1 Å². The van der Waals surface area contributed by atoms with Crippen molar-refractivity contribution in [3.63, 3.8) is 0 Å². The molecule has 2 unspecified atom stereocenters. The number of nitrogens with zero attached hydrogens (tertiary/aromatic N) is 1. The van der Waals surface area contributed by atoms with Gasteiger partial charge < -0.3 is 25.4 Å². The Labute approximate surface area is 236 Å². The molecule has 214 valence electrons. The van der Waals surface area contributed by atoms with Crippen molar-refractivity contribution in [3.8, 4) is 5.75 Å². The van der Waals surface area contributed by atoms with Crippen LogP contribution in [0.5, 0.6) is 5.75 Å². The monoisotopic (exact) mass is 547 g/mol. The number of hydrogen-bond donors (Lipinski definition) is 3. The highest BCUT2D eigenvalue weighted by Crippen LogP contribution is 2.28. The molecule has 0 aliphatic carbocycles. The summed E-state index contributed by atoms with van der Waals surface area (Å²) in [5, 5.41) is 17.7. The minimum atomic E-state index is -1.01. The summed E-state index contributed by atoms with van der Waals surface area (Å²) in [6, 6.07) is 17.8. The van der Waals surface area contributed by atoms with Gasteiger partial charge in [0.15, 0.2) is 0 Å². The van der Waals surface area contributed by atoms with E-state index >= 15 is 0 Å². The third kappa shape index (κ3) is 8.21. The van der Waals surface area contributed by atoms with E-state index in [4.69, 9.17) is 4.74 Å². The maximum Gasteiger partial charge on any atom is 0.408 e. The molecule has 0 saturated carbocycles. The van der Waals surface area contributed by atoms with Gasteiger partial charge in [-0.2, -0.15) is 0 Å². The number of phenolic OH excluding ortho intramolecular Hbond substituents is 1. The molecule has 0 aromatic heterocycles. The van der Waals surface area contributed by atoms with Crippen molar-refractivity contribution in [2.45, 2.75) is 72.1 Å². The zero-order chi connectivity index (χ0) is 29.4. The Hall–Kier alpha value is -4.07. The highest BCUT2D eigenvalue weighted by atomic mass is 16.6. The highest BCUT2D eigenvalue weighted by molar-refractivity contribution is 6.00. The number of alkyl carbamates (subject to hydrolysis) is 1. The van der Waals surface area contributed by atoms with E-state index in [-0.39, 0.29) is 17.6 Å². The second kappa shape index (κ2) is 13.3. The molecule has 8 nitrogen and oxygen atoms in total. The van der Waals surface area contributed by atoms with Crippen LogP contribution in [0.15, 0.2) is 66.7 Å². The van der Waals surface area contributed by atoms with Crippen LogP contribution in [0.3, 0.4) is 0 Å². The first kappa shape index (κ1) is 30.5. The average Bonchev–Trinajstić information content (AvgIpc) is 2.88. The quantitative estimate of drug-likeness (QED) is 0.272. The molecule has 0 aliphatic heterocycles. The number of benzene rings is 3. The fourth-order valence-corrected chi connectivity index (χ4v) is 4.43. The second-order valence-electron chi connectivity index (χ2n) is 11.3. The standard InChI is InChI=1S/C32H41N3O5/c1-7-8-19-35(30(38)27(21(2)3)34-31(39)40-32(4,5)6)28(23-14-17-26(36)18-15-23)29(37)33-25-16-13-22-11-9-10-12-24(22)20-25/h9-18,20-21,27-28,36H,7-8,19H2,1-6H3,(H,33,37)(H,34,39). The van der Waals surface area contributed by atoms with Crippen LogP contribution in [0.2, 0.25) is 0 Å². The summed E-state index contributed by atoms with van der Waals surface area (Å²) in [6.07, 6.45) is 0.752. The maximum atomic E-state index is 14.1. The van der Waals surface area contributed by atoms with Gasteiger partial charge in [-0.3, -0.25) is 9.59 Å². The SMILES string of the molecule is CCCCN(C(=O)C(NC(=O)OC(C)(C)C)C(C)C)C(C(=O)Nc1ccc2ccccc2c1)c1ccc(O)cc1. The summed E-state index contributed by atoms with van der Waals surface area (Å²) in [6.45, 7) is 11.2. The number of aromatic hydroxyl groups is 1. The van der Waals surface area contributed by atoms with Gasteiger partial charge in [0.1, 0.15) is 23.4 Å². The fraction of sp³-hybridized carbons (Fsp3) is 0.406. The Morgan fingerprint density at radius 1 is 0.950 bits per heavy atom. The zero-order valence-electron chi connectivity index (χ0n) is 24.2. The molecule has 0 spiro atoms. The number of carbonyl (C=O) groups is 3. The lowest BCUT2D eigenvalue weighted by Gasteiger charge is -2.35. The lowest BCUT2D eigenvalue weighted by atomic mass is 9.98. The van der Waals surface area contributed by atoms with Crippen molar-refractivity contribution in [1.29, 1.82) is 0 Å². The largest absolute Gasteiger partial charge is 0.508 e. The molecule has 0 aliphatic rings. The summed E-state index contributed by atoms with van der Waals surface area (Å²) in [4.78, 5) is 42.3. The van der Waals surface area contributed by atoms with Crippen molar-refractivity contribution in [3.05, 3.63) is 72.3 Å². The molecular weight excluding hydrogens is 506 g/mol. The second-order valence-corrected chi connectivity index (χ2v) is 11.3. The van der Waals surface area contributed by atoms with E-state index in [1.807, 2.05) is 63.2 Å². The molecule has 0 saturated heterocycles. The molecule has 3 aromatic rings. The molecule has 3 rings (SSSR count). The van der Waals surface area contributed by atoms with E-state index in [1.54, 1.807) is 32.9 Å². The molecule has 0 radical (unpaired) electrons. The normalized spacial score (nSPS) is 13.0. The van der Waals surface area contributed by atoms with Gasteiger partial charge in [-0.1, -0.05) is 69.7 Å². The van der Waals surface area contributed by atoms with Crippen molar-refractivity contribution < 1.29 is 24.2 Å². The molecule has 40 heavy (non-hydrogen) atoms. The molecule has 3 N–H and O–H groups in total. The van der Waals surface area contributed by atoms with E-state index in [2.05, 4.69) is 10.6 Å². The van der Waals surface area contributed by atoms with Crippen LogP contribution in [-0.2, 0) is 14.3 Å². The molecule has 0 fully saturated rings. The summed E-state index contributed by atoms with van der Waals surface area (Å²) >= 11 is 0. The van der Waals surface area contributed by atoms with Gasteiger partial charge in [0.25, 0.3) is 5.91 Å². The van der Waals surface area contributed by atoms with Gasteiger partial charge in [-0.25, -0.2) is 4.79 Å². The number of phenols is 1. The lowest BCUT2D eigenvalue weighted by Crippen LogP contribution is -2.54. The molecule has 2 atom stereocenters. The first-order valence-corrected chi connectivity index (χ1v) is 13.8. The first-order valence-electron chi connectivity index (χ1n) is 13.8. The van der Waals surface area contributed by atoms with Gasteiger partial charge in [-0.15, -0.1) is 0 Å². The third-order valence-electron chi connectivity index (χ3n) is 6.43. The number of hydrogen-bond acceptors (Lipinski definition) is 5. The number of fused-ring (bicyclic) bond motifs is 1. The summed E-state index contributed by atoms with van der Waals surface area (Å²) in [7, 11) is 0. The fourth-order valence-electron chi connectivity index (χ4n) is 4.43. The van der Waals surface area contributed by atoms with Gasteiger partial charge in [-0.05, 0) is 73.7 Å². The minimum Gasteiger partial charge on any atom is -0.508 e. The van der Waals surface area contributed by atoms with Crippen LogP contribution in [0.1, 0.15) is 66.0 Å². The smallest absolute Gasteiger partial charge is 0.408 e. The maximum absolute atomic E-state index is 14.1. The van der Waals surface area contributed by atoms with Crippen LogP contribution in [0.4, 0.5) is 10.5 Å².